The highest BCUT2D eigenvalue weighted by atomic mass is 79.9. The quantitative estimate of drug-likeness (QED) is 0.897. The molecule has 2 rings (SSSR count). The molecule has 6 heteroatoms. The van der Waals surface area contributed by atoms with Gasteiger partial charge in [0.1, 0.15) is 5.82 Å². The number of nitrogens with one attached hydrogen (secondary N) is 2. The van der Waals surface area contributed by atoms with Crippen molar-refractivity contribution in [1.29, 1.82) is 0 Å². The molecule has 1 saturated heterocycles. The molecule has 94 valence electrons. The van der Waals surface area contributed by atoms with E-state index in [-0.39, 0.29) is 11.6 Å². The van der Waals surface area contributed by atoms with Crippen molar-refractivity contribution in [3.05, 3.63) is 10.7 Å². The Balaban J connectivity index is 2.23. The summed E-state index contributed by atoms with van der Waals surface area (Å²) in [6.45, 7) is 5.01. The van der Waals surface area contributed by atoms with Crippen molar-refractivity contribution in [2.24, 2.45) is 0 Å². The van der Waals surface area contributed by atoms with E-state index in [2.05, 4.69) is 50.4 Å². The Morgan fingerprint density at radius 2 is 2.35 bits per heavy atom. The van der Waals surface area contributed by atoms with Gasteiger partial charge in [0.25, 0.3) is 0 Å². The second-order valence-electron chi connectivity index (χ2n) is 4.45. The van der Waals surface area contributed by atoms with E-state index in [1.807, 2.05) is 0 Å². The van der Waals surface area contributed by atoms with Crippen molar-refractivity contribution in [2.75, 3.05) is 24.3 Å². The summed E-state index contributed by atoms with van der Waals surface area (Å²) in [5, 5.41) is 6.38. The van der Waals surface area contributed by atoms with Crippen molar-refractivity contribution in [3.63, 3.8) is 0 Å². The maximum atomic E-state index is 5.60. The monoisotopic (exact) mass is 300 g/mol. The second kappa shape index (κ2) is 4.78. The first-order valence-electron chi connectivity index (χ1n) is 5.65. The van der Waals surface area contributed by atoms with Crippen LogP contribution in [0.5, 0.6) is 0 Å². The van der Waals surface area contributed by atoms with Gasteiger partial charge < -0.3 is 15.4 Å². The number of hydrogen-bond acceptors (Lipinski definition) is 5. The Morgan fingerprint density at radius 1 is 1.59 bits per heavy atom. The molecule has 1 aliphatic rings. The molecule has 2 heterocycles. The van der Waals surface area contributed by atoms with Crippen molar-refractivity contribution < 1.29 is 4.74 Å². The Hall–Kier alpha value is -0.880. The molecule has 1 fully saturated rings. The zero-order valence-corrected chi connectivity index (χ0v) is 11.8. The smallest absolute Gasteiger partial charge is 0.224 e. The molecule has 0 bridgehead atoms. The van der Waals surface area contributed by atoms with E-state index in [0.717, 1.165) is 23.3 Å². The maximum absolute atomic E-state index is 5.60. The highest BCUT2D eigenvalue weighted by Crippen LogP contribution is 2.31. The molecule has 1 aromatic heterocycles. The minimum Gasteiger partial charge on any atom is -0.376 e. The molecule has 1 aromatic rings. The van der Waals surface area contributed by atoms with Gasteiger partial charge in [-0.05, 0) is 36.2 Å². The minimum absolute atomic E-state index is 0.0815. The van der Waals surface area contributed by atoms with Crippen molar-refractivity contribution >= 4 is 27.7 Å². The number of halogens is 1. The van der Waals surface area contributed by atoms with Gasteiger partial charge in [-0.15, -0.1) is 0 Å². The van der Waals surface area contributed by atoms with Crippen LogP contribution in [0.4, 0.5) is 11.8 Å². The average molecular weight is 301 g/mol. The predicted molar refractivity (Wildman–Crippen MR) is 71.3 cm³/mol. The van der Waals surface area contributed by atoms with Crippen LogP contribution in [0.3, 0.4) is 0 Å². The highest BCUT2D eigenvalue weighted by Gasteiger charge is 2.37. The molecular weight excluding hydrogens is 284 g/mol. The molecule has 0 spiro atoms. The van der Waals surface area contributed by atoms with Crippen LogP contribution in [0.15, 0.2) is 10.7 Å². The van der Waals surface area contributed by atoms with Gasteiger partial charge in [0, 0.05) is 19.9 Å². The summed E-state index contributed by atoms with van der Waals surface area (Å²) in [6, 6.07) is 0. The molecule has 2 unspecified atom stereocenters. The lowest BCUT2D eigenvalue weighted by Crippen LogP contribution is -2.41. The first kappa shape index (κ1) is 12.6. The first-order chi connectivity index (χ1) is 8.05. The van der Waals surface area contributed by atoms with Crippen LogP contribution < -0.4 is 10.6 Å². The van der Waals surface area contributed by atoms with Gasteiger partial charge in [-0.1, -0.05) is 0 Å². The lowest BCUT2D eigenvalue weighted by Gasteiger charge is -2.29. The fourth-order valence-corrected chi connectivity index (χ4v) is 2.13. The fourth-order valence-electron chi connectivity index (χ4n) is 1.84. The standard InChI is InChI=1S/C11H17BrN4O/c1-7-11(2,4-5-17-7)16-9-8(12)6-14-10(13-3)15-9/h6-7H,4-5H2,1-3H3,(H2,13,14,15,16). The molecule has 0 aliphatic carbocycles. The SMILES string of the molecule is CNc1ncc(Br)c(NC2(C)CCOC2C)n1. The van der Waals surface area contributed by atoms with Gasteiger partial charge >= 0.3 is 0 Å². The Kier molecular flexibility index (Phi) is 3.53. The van der Waals surface area contributed by atoms with E-state index >= 15 is 0 Å². The number of anilines is 2. The molecule has 2 atom stereocenters. The molecule has 5 nitrogen and oxygen atoms in total. The molecule has 0 aromatic carbocycles. The number of ether oxygens (including phenoxy) is 1. The summed E-state index contributed by atoms with van der Waals surface area (Å²) < 4.78 is 6.46. The van der Waals surface area contributed by atoms with Crippen LogP contribution in [0.1, 0.15) is 20.3 Å². The number of hydrogen-bond donors (Lipinski definition) is 2. The van der Waals surface area contributed by atoms with Gasteiger partial charge in [-0.3, -0.25) is 0 Å². The van der Waals surface area contributed by atoms with E-state index in [1.165, 1.54) is 0 Å². The molecule has 2 N–H and O–H groups in total. The zero-order chi connectivity index (χ0) is 12.5. The van der Waals surface area contributed by atoms with Crippen LogP contribution in [-0.4, -0.2) is 35.3 Å². The normalized spacial score (nSPS) is 28.1. The highest BCUT2D eigenvalue weighted by molar-refractivity contribution is 9.10. The van der Waals surface area contributed by atoms with Crippen molar-refractivity contribution in [2.45, 2.75) is 31.9 Å². The lowest BCUT2D eigenvalue weighted by molar-refractivity contribution is 0.105. The van der Waals surface area contributed by atoms with E-state index in [1.54, 1.807) is 13.2 Å². The third-order valence-electron chi connectivity index (χ3n) is 3.26. The third-order valence-corrected chi connectivity index (χ3v) is 3.84. The summed E-state index contributed by atoms with van der Waals surface area (Å²) in [5.74, 6) is 1.40. The van der Waals surface area contributed by atoms with Gasteiger partial charge in [-0.2, -0.15) is 4.98 Å². The van der Waals surface area contributed by atoms with Gasteiger partial charge in [0.05, 0.1) is 16.1 Å². The molecule has 0 amide bonds. The molecular formula is C11H17BrN4O. The second-order valence-corrected chi connectivity index (χ2v) is 5.30. The van der Waals surface area contributed by atoms with Gasteiger partial charge in [-0.25, -0.2) is 4.98 Å². The van der Waals surface area contributed by atoms with Crippen LogP contribution in [0.25, 0.3) is 0 Å². The van der Waals surface area contributed by atoms with E-state index in [4.69, 9.17) is 4.74 Å². The molecule has 0 radical (unpaired) electrons. The van der Waals surface area contributed by atoms with Crippen LogP contribution in [-0.2, 0) is 4.74 Å². The largest absolute Gasteiger partial charge is 0.376 e. The molecule has 17 heavy (non-hydrogen) atoms. The fraction of sp³-hybridized carbons (Fsp3) is 0.636. The topological polar surface area (TPSA) is 59.1 Å². The van der Waals surface area contributed by atoms with E-state index in [0.29, 0.717) is 5.95 Å². The first-order valence-corrected chi connectivity index (χ1v) is 6.44. The van der Waals surface area contributed by atoms with Gasteiger partial charge in [0.2, 0.25) is 5.95 Å². The summed E-state index contributed by atoms with van der Waals surface area (Å²) in [4.78, 5) is 8.53. The summed E-state index contributed by atoms with van der Waals surface area (Å²) in [7, 11) is 1.80. The number of rotatable bonds is 3. The zero-order valence-electron chi connectivity index (χ0n) is 10.2. The van der Waals surface area contributed by atoms with Gasteiger partial charge in [0.15, 0.2) is 0 Å². The van der Waals surface area contributed by atoms with Crippen molar-refractivity contribution in [3.8, 4) is 0 Å². The van der Waals surface area contributed by atoms with E-state index in [9.17, 15) is 0 Å². The number of nitrogens with zero attached hydrogens (tertiary/aromatic N) is 2. The number of aromatic nitrogens is 2. The molecule has 0 saturated carbocycles. The van der Waals surface area contributed by atoms with Crippen LogP contribution in [0, 0.1) is 0 Å². The summed E-state index contributed by atoms with van der Waals surface area (Å²) in [6.07, 6.45) is 2.88. The predicted octanol–water partition coefficient (Wildman–Crippen LogP) is 2.26. The summed E-state index contributed by atoms with van der Waals surface area (Å²) >= 11 is 3.45. The third kappa shape index (κ3) is 2.52. The molecule has 1 aliphatic heterocycles. The van der Waals surface area contributed by atoms with Crippen LogP contribution in [0.2, 0.25) is 0 Å². The lowest BCUT2D eigenvalue weighted by atomic mass is 9.95. The van der Waals surface area contributed by atoms with E-state index < -0.39 is 0 Å². The summed E-state index contributed by atoms with van der Waals surface area (Å²) in [5.41, 5.74) is -0.0815. The maximum Gasteiger partial charge on any atom is 0.224 e. The Morgan fingerprint density at radius 3 is 2.94 bits per heavy atom. The van der Waals surface area contributed by atoms with Crippen LogP contribution >= 0.6 is 15.9 Å². The van der Waals surface area contributed by atoms with Crippen molar-refractivity contribution in [1.82, 2.24) is 9.97 Å². The Labute approximate surface area is 110 Å². The Bertz CT molecular complexity index is 414. The average Bonchev–Trinajstić information content (AvgIpc) is 2.62. The minimum atomic E-state index is -0.0815.